The van der Waals surface area contributed by atoms with Gasteiger partial charge in [-0.1, -0.05) is 19.3 Å². The summed E-state index contributed by atoms with van der Waals surface area (Å²) in [5, 5.41) is 0. The minimum Gasteiger partial charge on any atom is -0.330 e. The molecule has 1 saturated carbocycles. The molecule has 18 heavy (non-hydrogen) atoms. The molecule has 0 radical (unpaired) electrons. The van der Waals surface area contributed by atoms with Gasteiger partial charge in [-0.25, -0.2) is 0 Å². The van der Waals surface area contributed by atoms with Crippen molar-refractivity contribution in [2.45, 2.75) is 51.0 Å². The quantitative estimate of drug-likeness (QED) is 0.831. The van der Waals surface area contributed by atoms with E-state index in [2.05, 4.69) is 23.9 Å². The largest absolute Gasteiger partial charge is 0.330 e. The number of nitrogens with two attached hydrogens (primary N) is 1. The molecule has 0 amide bonds. The Balaban J connectivity index is 1.86. The maximum absolute atomic E-state index is 6.10. The summed E-state index contributed by atoms with van der Waals surface area (Å²) in [4.78, 5) is 5.06. The molecular formula is C15H31N3. The van der Waals surface area contributed by atoms with Crippen LogP contribution in [0.2, 0.25) is 0 Å². The normalized spacial score (nSPS) is 26.7. The number of likely N-dealkylation sites (tertiary alicyclic amines) is 1. The summed E-state index contributed by atoms with van der Waals surface area (Å²) < 4.78 is 0. The molecule has 0 atom stereocenters. The Morgan fingerprint density at radius 2 is 1.78 bits per heavy atom. The van der Waals surface area contributed by atoms with Crippen LogP contribution in [0.1, 0.15) is 44.9 Å². The molecule has 3 heteroatoms. The van der Waals surface area contributed by atoms with E-state index in [0.29, 0.717) is 5.41 Å². The van der Waals surface area contributed by atoms with Crippen LogP contribution in [-0.4, -0.2) is 56.1 Å². The highest BCUT2D eigenvalue weighted by molar-refractivity contribution is 4.88. The summed E-state index contributed by atoms with van der Waals surface area (Å²) in [7, 11) is 4.56. The van der Waals surface area contributed by atoms with E-state index < -0.39 is 0 Å². The molecule has 0 bridgehead atoms. The van der Waals surface area contributed by atoms with E-state index >= 15 is 0 Å². The highest BCUT2D eigenvalue weighted by Gasteiger charge is 2.33. The third-order valence-electron chi connectivity index (χ3n) is 5.24. The highest BCUT2D eigenvalue weighted by atomic mass is 15.2. The first-order chi connectivity index (χ1) is 8.65. The van der Waals surface area contributed by atoms with Crippen molar-refractivity contribution < 1.29 is 0 Å². The molecule has 3 nitrogen and oxygen atoms in total. The van der Waals surface area contributed by atoms with Crippen LogP contribution >= 0.6 is 0 Å². The molecule has 1 heterocycles. The number of piperidine rings is 1. The first-order valence-electron chi connectivity index (χ1n) is 7.74. The van der Waals surface area contributed by atoms with Gasteiger partial charge in [0, 0.05) is 12.6 Å². The fourth-order valence-electron chi connectivity index (χ4n) is 3.82. The zero-order chi connectivity index (χ0) is 13.0. The van der Waals surface area contributed by atoms with Gasteiger partial charge in [0.15, 0.2) is 0 Å². The fraction of sp³-hybridized carbons (Fsp3) is 1.00. The molecule has 0 spiro atoms. The maximum atomic E-state index is 6.10. The van der Waals surface area contributed by atoms with Crippen LogP contribution in [0.15, 0.2) is 0 Å². The number of rotatable bonds is 4. The van der Waals surface area contributed by atoms with Gasteiger partial charge in [-0.15, -0.1) is 0 Å². The second-order valence-corrected chi connectivity index (χ2v) is 6.71. The van der Waals surface area contributed by atoms with Crippen molar-refractivity contribution in [3.05, 3.63) is 0 Å². The van der Waals surface area contributed by atoms with E-state index in [1.54, 1.807) is 0 Å². The van der Waals surface area contributed by atoms with Crippen LogP contribution < -0.4 is 5.73 Å². The van der Waals surface area contributed by atoms with E-state index in [-0.39, 0.29) is 0 Å². The summed E-state index contributed by atoms with van der Waals surface area (Å²) >= 11 is 0. The SMILES string of the molecule is CN1CCC(N(C)CC2(CN)CCCCC2)CC1. The van der Waals surface area contributed by atoms with E-state index in [1.165, 1.54) is 64.6 Å². The Morgan fingerprint density at radius 3 is 2.33 bits per heavy atom. The van der Waals surface area contributed by atoms with Crippen LogP contribution in [0.4, 0.5) is 0 Å². The summed E-state index contributed by atoms with van der Waals surface area (Å²) in [6, 6.07) is 0.784. The maximum Gasteiger partial charge on any atom is 0.0117 e. The Morgan fingerprint density at radius 1 is 1.17 bits per heavy atom. The molecule has 1 saturated heterocycles. The standard InChI is InChI=1S/C15H31N3/c1-17-10-6-14(7-11-17)18(2)13-15(12-16)8-4-3-5-9-15/h14H,3-13,16H2,1-2H3. The smallest absolute Gasteiger partial charge is 0.0117 e. The monoisotopic (exact) mass is 253 g/mol. The lowest BCUT2D eigenvalue weighted by atomic mass is 9.73. The Bertz CT molecular complexity index is 240. The van der Waals surface area contributed by atoms with Gasteiger partial charge in [0.1, 0.15) is 0 Å². The van der Waals surface area contributed by atoms with Crippen LogP contribution in [0.25, 0.3) is 0 Å². The number of nitrogens with zero attached hydrogens (tertiary/aromatic N) is 2. The molecule has 0 aromatic carbocycles. The van der Waals surface area contributed by atoms with Crippen LogP contribution in [0, 0.1) is 5.41 Å². The lowest BCUT2D eigenvalue weighted by Crippen LogP contribution is -2.48. The minimum atomic E-state index is 0.427. The lowest BCUT2D eigenvalue weighted by molar-refractivity contribution is 0.0735. The molecular weight excluding hydrogens is 222 g/mol. The van der Waals surface area contributed by atoms with Crippen molar-refractivity contribution in [2.24, 2.45) is 11.1 Å². The summed E-state index contributed by atoms with van der Waals surface area (Å²) in [6.45, 7) is 4.61. The second-order valence-electron chi connectivity index (χ2n) is 6.71. The first kappa shape index (κ1) is 14.3. The zero-order valence-electron chi connectivity index (χ0n) is 12.3. The van der Waals surface area contributed by atoms with Gasteiger partial charge in [0.25, 0.3) is 0 Å². The Kier molecular flexibility index (Phi) is 5.05. The van der Waals surface area contributed by atoms with Crippen molar-refractivity contribution in [3.8, 4) is 0 Å². The van der Waals surface area contributed by atoms with Gasteiger partial charge in [0.05, 0.1) is 0 Å². The summed E-state index contributed by atoms with van der Waals surface area (Å²) in [5.41, 5.74) is 6.53. The van der Waals surface area contributed by atoms with Crippen molar-refractivity contribution in [2.75, 3.05) is 40.3 Å². The van der Waals surface area contributed by atoms with Gasteiger partial charge in [-0.3, -0.25) is 0 Å². The Labute approximate surface area is 113 Å². The number of hydrogen-bond acceptors (Lipinski definition) is 3. The third kappa shape index (κ3) is 3.46. The highest BCUT2D eigenvalue weighted by Crippen LogP contribution is 2.36. The topological polar surface area (TPSA) is 32.5 Å². The van der Waals surface area contributed by atoms with Gasteiger partial charge in [-0.2, -0.15) is 0 Å². The predicted molar refractivity (Wildman–Crippen MR) is 77.7 cm³/mol. The first-order valence-corrected chi connectivity index (χ1v) is 7.74. The molecule has 2 rings (SSSR count). The molecule has 2 fully saturated rings. The molecule has 0 unspecified atom stereocenters. The van der Waals surface area contributed by atoms with Crippen LogP contribution in [0.5, 0.6) is 0 Å². The third-order valence-corrected chi connectivity index (χ3v) is 5.24. The summed E-state index contributed by atoms with van der Waals surface area (Å²) in [5.74, 6) is 0. The van der Waals surface area contributed by atoms with E-state index in [4.69, 9.17) is 5.73 Å². The fourth-order valence-corrected chi connectivity index (χ4v) is 3.82. The van der Waals surface area contributed by atoms with Gasteiger partial charge >= 0.3 is 0 Å². The molecule has 2 aliphatic rings. The van der Waals surface area contributed by atoms with Crippen LogP contribution in [0.3, 0.4) is 0 Å². The number of hydrogen-bond donors (Lipinski definition) is 1. The molecule has 0 aromatic rings. The van der Waals surface area contributed by atoms with Crippen LogP contribution in [-0.2, 0) is 0 Å². The van der Waals surface area contributed by atoms with Crippen molar-refractivity contribution in [3.63, 3.8) is 0 Å². The molecule has 106 valence electrons. The molecule has 0 aromatic heterocycles. The summed E-state index contributed by atoms with van der Waals surface area (Å²) in [6.07, 6.45) is 9.54. The second kappa shape index (κ2) is 6.36. The van der Waals surface area contributed by atoms with Gasteiger partial charge in [-0.05, 0) is 64.8 Å². The van der Waals surface area contributed by atoms with E-state index in [0.717, 1.165) is 12.6 Å². The lowest BCUT2D eigenvalue weighted by Gasteiger charge is -2.43. The average Bonchev–Trinajstić information content (AvgIpc) is 2.40. The van der Waals surface area contributed by atoms with Gasteiger partial charge in [0.2, 0.25) is 0 Å². The van der Waals surface area contributed by atoms with Crippen molar-refractivity contribution >= 4 is 0 Å². The zero-order valence-corrected chi connectivity index (χ0v) is 12.3. The molecule has 1 aliphatic carbocycles. The minimum absolute atomic E-state index is 0.427. The van der Waals surface area contributed by atoms with E-state index in [9.17, 15) is 0 Å². The van der Waals surface area contributed by atoms with Crippen molar-refractivity contribution in [1.29, 1.82) is 0 Å². The van der Waals surface area contributed by atoms with E-state index in [1.807, 2.05) is 0 Å². The van der Waals surface area contributed by atoms with Crippen molar-refractivity contribution in [1.82, 2.24) is 9.80 Å². The Hall–Kier alpha value is -0.120. The van der Waals surface area contributed by atoms with Gasteiger partial charge < -0.3 is 15.5 Å². The molecule has 2 N–H and O–H groups in total. The average molecular weight is 253 g/mol. The molecule has 1 aliphatic heterocycles. The predicted octanol–water partition coefficient (Wildman–Crippen LogP) is 1.92.